The maximum absolute atomic E-state index is 10.0. The van der Waals surface area contributed by atoms with E-state index in [0.29, 0.717) is 6.42 Å². The lowest BCUT2D eigenvalue weighted by atomic mass is 10.1. The summed E-state index contributed by atoms with van der Waals surface area (Å²) >= 11 is 0. The maximum Gasteiger partial charge on any atom is 0.108 e. The molecule has 1 N–H and O–H groups in total. The van der Waals surface area contributed by atoms with Gasteiger partial charge in [0.15, 0.2) is 0 Å². The van der Waals surface area contributed by atoms with Gasteiger partial charge in [0, 0.05) is 32.1 Å². The Morgan fingerprint density at radius 1 is 1.35 bits per heavy atom. The van der Waals surface area contributed by atoms with Gasteiger partial charge in [-0.05, 0) is 25.0 Å². The molecule has 2 aromatic heterocycles. The van der Waals surface area contributed by atoms with Gasteiger partial charge in [0.05, 0.1) is 11.8 Å². The van der Waals surface area contributed by atoms with Crippen LogP contribution in [0.25, 0.3) is 0 Å². The van der Waals surface area contributed by atoms with Crippen molar-refractivity contribution in [3.63, 3.8) is 0 Å². The van der Waals surface area contributed by atoms with Crippen LogP contribution in [0, 0.1) is 6.92 Å². The zero-order chi connectivity index (χ0) is 12.3. The molecular formula is C13H17N3O. The number of aryl methyl sites for hydroxylation is 3. The Morgan fingerprint density at radius 3 is 2.76 bits per heavy atom. The van der Waals surface area contributed by atoms with Crippen molar-refractivity contribution in [2.24, 2.45) is 7.05 Å². The summed E-state index contributed by atoms with van der Waals surface area (Å²) in [6, 6.07) is 3.84. The second kappa shape index (κ2) is 5.10. The molecule has 0 saturated heterocycles. The molecule has 4 heteroatoms. The Bertz CT molecular complexity index is 476. The van der Waals surface area contributed by atoms with E-state index >= 15 is 0 Å². The van der Waals surface area contributed by atoms with Crippen LogP contribution in [-0.2, 0) is 13.5 Å². The van der Waals surface area contributed by atoms with Gasteiger partial charge >= 0.3 is 0 Å². The minimum Gasteiger partial charge on any atom is -0.387 e. The van der Waals surface area contributed by atoms with Crippen LogP contribution in [0.2, 0.25) is 0 Å². The van der Waals surface area contributed by atoms with Crippen LogP contribution in [0.15, 0.2) is 30.7 Å². The number of rotatable bonds is 4. The lowest BCUT2D eigenvalue weighted by Crippen LogP contribution is -2.05. The van der Waals surface area contributed by atoms with Gasteiger partial charge < -0.3 is 9.67 Å². The zero-order valence-corrected chi connectivity index (χ0v) is 10.2. The smallest absolute Gasteiger partial charge is 0.108 e. The Kier molecular flexibility index (Phi) is 3.54. The first-order valence-corrected chi connectivity index (χ1v) is 5.73. The number of hydrogen-bond donors (Lipinski definition) is 1. The highest BCUT2D eigenvalue weighted by Crippen LogP contribution is 2.16. The fraction of sp³-hybridized carbons (Fsp3) is 0.385. The molecule has 0 spiro atoms. The number of aliphatic hydroxyl groups is 1. The van der Waals surface area contributed by atoms with Crippen LogP contribution < -0.4 is 0 Å². The molecule has 90 valence electrons. The third-order valence-electron chi connectivity index (χ3n) is 2.84. The molecule has 0 aliphatic carbocycles. The van der Waals surface area contributed by atoms with Gasteiger partial charge in [-0.3, -0.25) is 4.98 Å². The van der Waals surface area contributed by atoms with Crippen molar-refractivity contribution in [3.05, 3.63) is 47.8 Å². The van der Waals surface area contributed by atoms with E-state index in [1.54, 1.807) is 12.4 Å². The van der Waals surface area contributed by atoms with Gasteiger partial charge in [-0.25, -0.2) is 4.98 Å². The maximum atomic E-state index is 10.0. The van der Waals surface area contributed by atoms with E-state index in [-0.39, 0.29) is 0 Å². The first kappa shape index (κ1) is 11.8. The summed E-state index contributed by atoms with van der Waals surface area (Å²) in [4.78, 5) is 8.45. The van der Waals surface area contributed by atoms with E-state index in [1.807, 2.05) is 36.9 Å². The van der Waals surface area contributed by atoms with Crippen molar-refractivity contribution in [3.8, 4) is 0 Å². The standard InChI is InChI=1S/C13H17N3O/c1-10-3-4-11(15-9-10)12(17)5-6-13-14-7-8-16(13)2/h3-4,7-9,12,17H,5-6H2,1-2H3. The predicted octanol–water partition coefficient (Wildman–Crippen LogP) is 1.79. The van der Waals surface area contributed by atoms with Crippen molar-refractivity contribution in [2.75, 3.05) is 0 Å². The summed E-state index contributed by atoms with van der Waals surface area (Å²) in [7, 11) is 1.96. The summed E-state index contributed by atoms with van der Waals surface area (Å²) < 4.78 is 1.97. The number of hydrogen-bond acceptors (Lipinski definition) is 3. The molecule has 2 aromatic rings. The molecular weight excluding hydrogens is 214 g/mol. The Balaban J connectivity index is 1.95. The van der Waals surface area contributed by atoms with Crippen LogP contribution in [0.5, 0.6) is 0 Å². The predicted molar refractivity (Wildman–Crippen MR) is 65.5 cm³/mol. The van der Waals surface area contributed by atoms with E-state index < -0.39 is 6.10 Å². The summed E-state index contributed by atoms with van der Waals surface area (Å²) in [5, 5.41) is 10.0. The lowest BCUT2D eigenvalue weighted by Gasteiger charge is -2.10. The van der Waals surface area contributed by atoms with Gasteiger partial charge in [-0.15, -0.1) is 0 Å². The van der Waals surface area contributed by atoms with E-state index in [4.69, 9.17) is 0 Å². The molecule has 4 nitrogen and oxygen atoms in total. The SMILES string of the molecule is Cc1ccc(C(O)CCc2nccn2C)nc1. The quantitative estimate of drug-likeness (QED) is 0.872. The highest BCUT2D eigenvalue weighted by Gasteiger charge is 2.10. The van der Waals surface area contributed by atoms with Crippen molar-refractivity contribution in [2.45, 2.75) is 25.9 Å². The molecule has 0 aliphatic heterocycles. The van der Waals surface area contributed by atoms with Gasteiger partial charge in [0.2, 0.25) is 0 Å². The number of aliphatic hydroxyl groups excluding tert-OH is 1. The number of pyridine rings is 1. The molecule has 2 heterocycles. The molecule has 0 saturated carbocycles. The zero-order valence-electron chi connectivity index (χ0n) is 10.2. The highest BCUT2D eigenvalue weighted by atomic mass is 16.3. The summed E-state index contributed by atoms with van der Waals surface area (Å²) in [5.41, 5.74) is 1.83. The fourth-order valence-corrected chi connectivity index (χ4v) is 1.73. The summed E-state index contributed by atoms with van der Waals surface area (Å²) in [6.45, 7) is 1.98. The third kappa shape index (κ3) is 2.91. The van der Waals surface area contributed by atoms with Gasteiger partial charge in [-0.2, -0.15) is 0 Å². The molecule has 0 bridgehead atoms. The molecule has 1 atom stereocenters. The highest BCUT2D eigenvalue weighted by molar-refractivity contribution is 5.14. The Labute approximate surface area is 101 Å². The van der Waals surface area contributed by atoms with E-state index in [0.717, 1.165) is 23.5 Å². The van der Waals surface area contributed by atoms with E-state index in [2.05, 4.69) is 9.97 Å². The first-order chi connectivity index (χ1) is 8.16. The average Bonchev–Trinajstić information content (AvgIpc) is 2.73. The number of aromatic nitrogens is 3. The molecule has 1 unspecified atom stereocenters. The molecule has 0 aliphatic rings. The topological polar surface area (TPSA) is 50.9 Å². The molecule has 0 fully saturated rings. The van der Waals surface area contributed by atoms with Crippen LogP contribution in [-0.4, -0.2) is 19.6 Å². The molecule has 0 amide bonds. The lowest BCUT2D eigenvalue weighted by molar-refractivity contribution is 0.162. The number of imidazole rings is 1. The number of nitrogens with zero attached hydrogens (tertiary/aromatic N) is 3. The Hall–Kier alpha value is -1.68. The second-order valence-corrected chi connectivity index (χ2v) is 4.27. The van der Waals surface area contributed by atoms with E-state index in [9.17, 15) is 5.11 Å². The van der Waals surface area contributed by atoms with Gasteiger partial charge in [-0.1, -0.05) is 6.07 Å². The average molecular weight is 231 g/mol. The van der Waals surface area contributed by atoms with Crippen LogP contribution in [0.1, 0.15) is 29.6 Å². The third-order valence-corrected chi connectivity index (χ3v) is 2.84. The molecule has 2 rings (SSSR count). The van der Waals surface area contributed by atoms with Crippen molar-refractivity contribution < 1.29 is 5.11 Å². The molecule has 0 radical (unpaired) electrons. The summed E-state index contributed by atoms with van der Waals surface area (Å²) in [5.74, 6) is 0.983. The normalized spacial score (nSPS) is 12.6. The Morgan fingerprint density at radius 2 is 2.18 bits per heavy atom. The molecule has 17 heavy (non-hydrogen) atoms. The van der Waals surface area contributed by atoms with Crippen molar-refractivity contribution >= 4 is 0 Å². The van der Waals surface area contributed by atoms with Crippen molar-refractivity contribution in [1.82, 2.24) is 14.5 Å². The monoisotopic (exact) mass is 231 g/mol. The van der Waals surface area contributed by atoms with Gasteiger partial charge in [0.25, 0.3) is 0 Å². The van der Waals surface area contributed by atoms with Crippen LogP contribution in [0.4, 0.5) is 0 Å². The van der Waals surface area contributed by atoms with E-state index in [1.165, 1.54) is 0 Å². The largest absolute Gasteiger partial charge is 0.387 e. The molecule has 0 aromatic carbocycles. The minimum atomic E-state index is -0.521. The fourth-order valence-electron chi connectivity index (χ4n) is 1.73. The summed E-state index contributed by atoms with van der Waals surface area (Å²) in [6.07, 6.45) is 6.32. The van der Waals surface area contributed by atoms with Gasteiger partial charge in [0.1, 0.15) is 5.82 Å². The minimum absolute atomic E-state index is 0.521. The second-order valence-electron chi connectivity index (χ2n) is 4.27. The van der Waals surface area contributed by atoms with Crippen LogP contribution >= 0.6 is 0 Å². The van der Waals surface area contributed by atoms with Crippen molar-refractivity contribution in [1.29, 1.82) is 0 Å². The first-order valence-electron chi connectivity index (χ1n) is 5.73. The van der Waals surface area contributed by atoms with Crippen LogP contribution in [0.3, 0.4) is 0 Å².